The normalized spacial score (nSPS) is 9.86. The fraction of sp³-hybridized carbons (Fsp3) is 0.273. The Hall–Kier alpha value is -0.300. The highest BCUT2D eigenvalue weighted by molar-refractivity contribution is 9.11. The molecular weight excluding hydrogens is 306 g/mol. The standard InChI is InChI=1S/C11H11Br2N/c1-3-4-14-7-9-5-10(12)8(2)11(13)6-9/h1,5-6,14H,4,7H2,2H3. The summed E-state index contributed by atoms with van der Waals surface area (Å²) < 4.78 is 2.23. The molecule has 0 aromatic heterocycles. The zero-order valence-corrected chi connectivity index (χ0v) is 11.1. The van der Waals surface area contributed by atoms with Gasteiger partial charge in [0.2, 0.25) is 0 Å². The molecule has 0 saturated heterocycles. The van der Waals surface area contributed by atoms with Gasteiger partial charge in [0.15, 0.2) is 0 Å². The Morgan fingerprint density at radius 3 is 2.43 bits per heavy atom. The van der Waals surface area contributed by atoms with Gasteiger partial charge in [0.05, 0.1) is 6.54 Å². The van der Waals surface area contributed by atoms with E-state index in [1.54, 1.807) is 0 Å². The molecule has 0 spiro atoms. The van der Waals surface area contributed by atoms with Gasteiger partial charge in [-0.05, 0) is 30.2 Å². The Balaban J connectivity index is 2.75. The van der Waals surface area contributed by atoms with Crippen LogP contribution in [0.2, 0.25) is 0 Å². The minimum Gasteiger partial charge on any atom is -0.302 e. The van der Waals surface area contributed by atoms with Gasteiger partial charge < -0.3 is 5.32 Å². The van der Waals surface area contributed by atoms with Crippen molar-refractivity contribution in [2.75, 3.05) is 6.54 Å². The van der Waals surface area contributed by atoms with Gasteiger partial charge in [-0.1, -0.05) is 37.8 Å². The van der Waals surface area contributed by atoms with E-state index in [0.29, 0.717) is 6.54 Å². The largest absolute Gasteiger partial charge is 0.302 e. The van der Waals surface area contributed by atoms with Crippen molar-refractivity contribution in [2.45, 2.75) is 13.5 Å². The van der Waals surface area contributed by atoms with Crippen LogP contribution in [0.5, 0.6) is 0 Å². The van der Waals surface area contributed by atoms with Crippen molar-refractivity contribution in [3.05, 3.63) is 32.2 Å². The Labute approximate surface area is 102 Å². The predicted molar refractivity (Wildman–Crippen MR) is 67.1 cm³/mol. The maximum Gasteiger partial charge on any atom is 0.0576 e. The van der Waals surface area contributed by atoms with E-state index >= 15 is 0 Å². The van der Waals surface area contributed by atoms with E-state index in [-0.39, 0.29) is 0 Å². The maximum atomic E-state index is 5.15. The molecule has 0 radical (unpaired) electrons. The number of rotatable bonds is 3. The predicted octanol–water partition coefficient (Wildman–Crippen LogP) is 3.24. The molecule has 1 N–H and O–H groups in total. The van der Waals surface area contributed by atoms with E-state index in [4.69, 9.17) is 6.42 Å². The van der Waals surface area contributed by atoms with Crippen LogP contribution in [0.4, 0.5) is 0 Å². The van der Waals surface area contributed by atoms with Crippen LogP contribution in [0.3, 0.4) is 0 Å². The third-order valence-electron chi connectivity index (χ3n) is 1.90. The average molecular weight is 317 g/mol. The number of hydrogen-bond acceptors (Lipinski definition) is 1. The Bertz CT molecular complexity index is 343. The Morgan fingerprint density at radius 1 is 1.36 bits per heavy atom. The first-order chi connectivity index (χ1) is 6.65. The van der Waals surface area contributed by atoms with Crippen LogP contribution in [0, 0.1) is 19.3 Å². The second-order valence-electron chi connectivity index (χ2n) is 2.99. The molecule has 1 nitrogen and oxygen atoms in total. The van der Waals surface area contributed by atoms with Crippen molar-refractivity contribution in [1.29, 1.82) is 0 Å². The first kappa shape index (κ1) is 11.8. The van der Waals surface area contributed by atoms with E-state index in [2.05, 4.69) is 62.2 Å². The van der Waals surface area contributed by atoms with Gasteiger partial charge in [0.25, 0.3) is 0 Å². The first-order valence-electron chi connectivity index (χ1n) is 4.24. The van der Waals surface area contributed by atoms with Gasteiger partial charge in [-0.3, -0.25) is 0 Å². The Kier molecular flexibility index (Phi) is 4.67. The molecule has 0 fully saturated rings. The lowest BCUT2D eigenvalue weighted by atomic mass is 10.1. The van der Waals surface area contributed by atoms with Crippen molar-refractivity contribution in [3.8, 4) is 12.3 Å². The lowest BCUT2D eigenvalue weighted by molar-refractivity contribution is 0.769. The van der Waals surface area contributed by atoms with Crippen LogP contribution in [0.15, 0.2) is 21.1 Å². The third-order valence-corrected chi connectivity index (χ3v) is 3.54. The van der Waals surface area contributed by atoms with Gasteiger partial charge in [-0.25, -0.2) is 0 Å². The fourth-order valence-electron chi connectivity index (χ4n) is 1.08. The van der Waals surface area contributed by atoms with E-state index < -0.39 is 0 Å². The van der Waals surface area contributed by atoms with Gasteiger partial charge in [0.1, 0.15) is 0 Å². The van der Waals surface area contributed by atoms with Crippen LogP contribution in [0.25, 0.3) is 0 Å². The van der Waals surface area contributed by atoms with E-state index in [1.165, 1.54) is 11.1 Å². The van der Waals surface area contributed by atoms with Crippen LogP contribution in [-0.4, -0.2) is 6.54 Å². The number of hydrogen-bond donors (Lipinski definition) is 1. The first-order valence-corrected chi connectivity index (χ1v) is 5.82. The lowest BCUT2D eigenvalue weighted by Gasteiger charge is -2.06. The molecule has 0 amide bonds. The summed E-state index contributed by atoms with van der Waals surface area (Å²) in [7, 11) is 0. The monoisotopic (exact) mass is 315 g/mol. The van der Waals surface area contributed by atoms with Crippen molar-refractivity contribution in [3.63, 3.8) is 0 Å². The summed E-state index contributed by atoms with van der Waals surface area (Å²) in [5, 5.41) is 3.15. The zero-order valence-electron chi connectivity index (χ0n) is 7.90. The molecule has 0 saturated carbocycles. The molecule has 0 unspecified atom stereocenters. The number of halogens is 2. The van der Waals surface area contributed by atoms with E-state index in [0.717, 1.165) is 15.5 Å². The lowest BCUT2D eigenvalue weighted by Crippen LogP contribution is -2.13. The summed E-state index contributed by atoms with van der Waals surface area (Å²) in [6.45, 7) is 3.46. The topological polar surface area (TPSA) is 12.0 Å². The highest BCUT2D eigenvalue weighted by atomic mass is 79.9. The molecule has 0 aliphatic rings. The summed E-state index contributed by atoms with van der Waals surface area (Å²) in [6, 6.07) is 4.20. The minimum atomic E-state index is 0.600. The number of terminal acetylenes is 1. The molecule has 0 aliphatic carbocycles. The van der Waals surface area contributed by atoms with Crippen LogP contribution >= 0.6 is 31.9 Å². The molecule has 74 valence electrons. The molecule has 0 aliphatic heterocycles. The second-order valence-corrected chi connectivity index (χ2v) is 4.70. The molecule has 14 heavy (non-hydrogen) atoms. The van der Waals surface area contributed by atoms with Crippen molar-refractivity contribution in [1.82, 2.24) is 5.32 Å². The second kappa shape index (κ2) is 5.55. The minimum absolute atomic E-state index is 0.600. The van der Waals surface area contributed by atoms with Crippen molar-refractivity contribution >= 4 is 31.9 Å². The SMILES string of the molecule is C#CCNCc1cc(Br)c(C)c(Br)c1. The van der Waals surface area contributed by atoms with Gasteiger partial charge >= 0.3 is 0 Å². The highest BCUT2D eigenvalue weighted by Gasteiger charge is 2.02. The Morgan fingerprint density at radius 2 is 1.93 bits per heavy atom. The summed E-state index contributed by atoms with van der Waals surface area (Å²) in [4.78, 5) is 0. The van der Waals surface area contributed by atoms with Crippen LogP contribution in [0.1, 0.15) is 11.1 Å². The summed E-state index contributed by atoms with van der Waals surface area (Å²) >= 11 is 7.02. The number of benzene rings is 1. The highest BCUT2D eigenvalue weighted by Crippen LogP contribution is 2.26. The van der Waals surface area contributed by atoms with Crippen LogP contribution < -0.4 is 5.32 Å². The van der Waals surface area contributed by atoms with Gasteiger partial charge in [0, 0.05) is 15.5 Å². The molecular formula is C11H11Br2N. The molecule has 1 aromatic rings. The summed E-state index contributed by atoms with van der Waals surface area (Å²) in [5.74, 6) is 2.54. The molecule has 3 heteroatoms. The van der Waals surface area contributed by atoms with Crippen LogP contribution in [-0.2, 0) is 6.54 Å². The van der Waals surface area contributed by atoms with E-state index in [1.807, 2.05) is 0 Å². The molecule has 0 atom stereocenters. The zero-order chi connectivity index (χ0) is 10.6. The van der Waals surface area contributed by atoms with Gasteiger partial charge in [-0.2, -0.15) is 0 Å². The number of nitrogens with one attached hydrogen (secondary N) is 1. The van der Waals surface area contributed by atoms with Crippen molar-refractivity contribution < 1.29 is 0 Å². The van der Waals surface area contributed by atoms with Crippen molar-refractivity contribution in [2.24, 2.45) is 0 Å². The van der Waals surface area contributed by atoms with E-state index in [9.17, 15) is 0 Å². The fourth-order valence-corrected chi connectivity index (χ4v) is 2.36. The molecule has 1 aromatic carbocycles. The molecule has 0 heterocycles. The molecule has 1 rings (SSSR count). The average Bonchev–Trinajstić information content (AvgIpc) is 2.14. The smallest absolute Gasteiger partial charge is 0.0576 e. The third kappa shape index (κ3) is 3.13. The molecule has 0 bridgehead atoms. The maximum absolute atomic E-state index is 5.15. The quantitative estimate of drug-likeness (QED) is 0.667. The summed E-state index contributed by atoms with van der Waals surface area (Å²) in [6.07, 6.45) is 5.15. The van der Waals surface area contributed by atoms with Gasteiger partial charge in [-0.15, -0.1) is 6.42 Å². The summed E-state index contributed by atoms with van der Waals surface area (Å²) in [5.41, 5.74) is 2.43.